The van der Waals surface area contributed by atoms with Crippen LogP contribution in [-0.4, -0.2) is 12.4 Å². The molecule has 0 heterocycles. The van der Waals surface area contributed by atoms with Gasteiger partial charge in [0, 0.05) is 22.7 Å². The maximum absolute atomic E-state index is 11.0. The summed E-state index contributed by atoms with van der Waals surface area (Å²) < 4.78 is 4.91. The summed E-state index contributed by atoms with van der Waals surface area (Å²) in [4.78, 5) is 11.0. The smallest absolute Gasteiger partial charge is 0.255 e. The van der Waals surface area contributed by atoms with Crippen LogP contribution in [0.2, 0.25) is 10.0 Å². The minimum absolute atomic E-state index is 0.360. The fourth-order valence-corrected chi connectivity index (χ4v) is 1.88. The van der Waals surface area contributed by atoms with Gasteiger partial charge in [-0.05, 0) is 23.7 Å². The van der Waals surface area contributed by atoms with Gasteiger partial charge in [-0.1, -0.05) is 29.3 Å². The van der Waals surface area contributed by atoms with E-state index in [2.05, 4.69) is 0 Å². The van der Waals surface area contributed by atoms with Crippen LogP contribution in [0, 0.1) is 0 Å². The van der Waals surface area contributed by atoms with Crippen molar-refractivity contribution in [2.24, 2.45) is 0 Å². The van der Waals surface area contributed by atoms with E-state index in [-0.39, 0.29) is 0 Å². The van der Waals surface area contributed by atoms with Gasteiger partial charge < -0.3 is 4.74 Å². The number of ether oxygens (including phenoxy) is 1. The summed E-state index contributed by atoms with van der Waals surface area (Å²) in [5, 5.41) is 0.0687. The third-order valence-corrected chi connectivity index (χ3v) is 2.56. The van der Waals surface area contributed by atoms with Crippen LogP contribution < -0.4 is 0 Å². The Labute approximate surface area is 96.7 Å². The molecule has 0 unspecified atom stereocenters. The lowest BCUT2D eigenvalue weighted by molar-refractivity contribution is -0.121. The molecule has 2 nitrogen and oxygen atoms in total. The van der Waals surface area contributed by atoms with Crippen molar-refractivity contribution in [1.29, 1.82) is 0 Å². The lowest BCUT2D eigenvalue weighted by atomic mass is 10.1. The average molecular weight is 254 g/mol. The molecular weight excluding hydrogens is 246 g/mol. The Kier molecular flexibility index (Phi) is 4.20. The van der Waals surface area contributed by atoms with E-state index in [0.29, 0.717) is 15.6 Å². The molecule has 1 rings (SSSR count). The van der Waals surface area contributed by atoms with Crippen molar-refractivity contribution in [2.75, 3.05) is 7.11 Å². The molecule has 0 aromatic heterocycles. The topological polar surface area (TPSA) is 26.3 Å². The third-order valence-electron chi connectivity index (χ3n) is 1.70. The van der Waals surface area contributed by atoms with E-state index in [9.17, 15) is 4.79 Å². The summed E-state index contributed by atoms with van der Waals surface area (Å²) in [7, 11) is 1.37. The van der Waals surface area contributed by atoms with Crippen LogP contribution >= 0.6 is 34.8 Å². The van der Waals surface area contributed by atoms with Crippen molar-refractivity contribution in [1.82, 2.24) is 0 Å². The molecule has 0 aliphatic carbocycles. The summed E-state index contributed by atoms with van der Waals surface area (Å²) in [5.41, 5.74) is 0.401. The van der Waals surface area contributed by atoms with Crippen LogP contribution in [0.25, 0.3) is 0 Å². The van der Waals surface area contributed by atoms with Gasteiger partial charge in [-0.2, -0.15) is 0 Å². The molecule has 5 heteroatoms. The van der Waals surface area contributed by atoms with Crippen LogP contribution in [0.15, 0.2) is 18.2 Å². The maximum Gasteiger partial charge on any atom is 0.255 e. The zero-order chi connectivity index (χ0) is 10.7. The molecule has 0 radical (unpaired) electrons. The van der Waals surface area contributed by atoms with Gasteiger partial charge in [0.25, 0.3) is 5.24 Å². The number of hydrogen-bond acceptors (Lipinski definition) is 2. The summed E-state index contributed by atoms with van der Waals surface area (Å²) in [5.74, 6) is 0. The summed E-state index contributed by atoms with van der Waals surface area (Å²) >= 11 is 17.1. The molecule has 0 amide bonds. The molecule has 1 atom stereocenters. The fourth-order valence-electron chi connectivity index (χ4n) is 1.09. The van der Waals surface area contributed by atoms with Gasteiger partial charge >= 0.3 is 0 Å². The van der Waals surface area contributed by atoms with E-state index in [1.54, 1.807) is 18.2 Å². The van der Waals surface area contributed by atoms with E-state index in [1.165, 1.54) is 7.11 Å². The number of methoxy groups -OCH3 is 1. The number of halogens is 3. The Morgan fingerprint density at radius 2 is 1.86 bits per heavy atom. The molecular formula is C9H7Cl3O2. The van der Waals surface area contributed by atoms with E-state index in [1.807, 2.05) is 0 Å². The van der Waals surface area contributed by atoms with Crippen molar-refractivity contribution in [3.05, 3.63) is 33.8 Å². The largest absolute Gasteiger partial charge is 0.367 e. The Balaban J connectivity index is 3.22. The van der Waals surface area contributed by atoms with Gasteiger partial charge in [0.1, 0.15) is 0 Å². The van der Waals surface area contributed by atoms with Crippen molar-refractivity contribution >= 4 is 40.0 Å². The molecule has 76 valence electrons. The molecule has 14 heavy (non-hydrogen) atoms. The van der Waals surface area contributed by atoms with E-state index >= 15 is 0 Å². The van der Waals surface area contributed by atoms with Crippen LogP contribution in [0.1, 0.15) is 11.7 Å². The van der Waals surface area contributed by atoms with Crippen molar-refractivity contribution in [3.8, 4) is 0 Å². The highest BCUT2D eigenvalue weighted by Gasteiger charge is 2.23. The van der Waals surface area contributed by atoms with Crippen LogP contribution in [0.5, 0.6) is 0 Å². The number of benzene rings is 1. The SMILES string of the molecule is CO[C@H](C(=O)Cl)c1c(Cl)cccc1Cl. The zero-order valence-corrected chi connectivity index (χ0v) is 9.53. The molecule has 0 N–H and O–H groups in total. The number of hydrogen-bond donors (Lipinski definition) is 0. The maximum atomic E-state index is 11.0. The van der Waals surface area contributed by atoms with Gasteiger partial charge in [0.15, 0.2) is 6.10 Å². The predicted octanol–water partition coefficient (Wildman–Crippen LogP) is 3.45. The minimum Gasteiger partial charge on any atom is -0.367 e. The molecule has 0 saturated carbocycles. The highest BCUT2D eigenvalue weighted by molar-refractivity contribution is 6.64. The van der Waals surface area contributed by atoms with Crippen molar-refractivity contribution < 1.29 is 9.53 Å². The molecule has 0 aliphatic rings. The van der Waals surface area contributed by atoms with Gasteiger partial charge in [-0.25, -0.2) is 0 Å². The lowest BCUT2D eigenvalue weighted by Gasteiger charge is -2.13. The average Bonchev–Trinajstić information content (AvgIpc) is 2.10. The van der Waals surface area contributed by atoms with Gasteiger partial charge in [0.2, 0.25) is 0 Å². The Hall–Kier alpha value is -0.280. The molecule has 1 aromatic rings. The van der Waals surface area contributed by atoms with Gasteiger partial charge in [-0.15, -0.1) is 0 Å². The molecule has 0 aliphatic heterocycles. The molecule has 1 aromatic carbocycles. The van der Waals surface area contributed by atoms with E-state index in [4.69, 9.17) is 39.5 Å². The second-order valence-corrected chi connectivity index (χ2v) is 3.74. The van der Waals surface area contributed by atoms with Crippen LogP contribution in [0.3, 0.4) is 0 Å². The summed E-state index contributed by atoms with van der Waals surface area (Å²) in [6.07, 6.45) is -0.919. The first-order chi connectivity index (χ1) is 6.57. The third kappa shape index (κ3) is 2.39. The first kappa shape index (κ1) is 11.8. The standard InChI is InChI=1S/C9H7Cl3O2/c1-14-8(9(12)13)7-5(10)3-2-4-6(7)11/h2-4,8H,1H3/t8-/m0/s1. The van der Waals surface area contributed by atoms with Gasteiger partial charge in [0.05, 0.1) is 0 Å². The van der Waals surface area contributed by atoms with Crippen molar-refractivity contribution in [3.63, 3.8) is 0 Å². The zero-order valence-electron chi connectivity index (χ0n) is 7.26. The first-order valence-electron chi connectivity index (χ1n) is 3.74. The highest BCUT2D eigenvalue weighted by Crippen LogP contribution is 2.33. The van der Waals surface area contributed by atoms with Crippen LogP contribution in [-0.2, 0) is 9.53 Å². The summed E-state index contributed by atoms with van der Waals surface area (Å²) in [6.45, 7) is 0. The number of rotatable bonds is 3. The monoisotopic (exact) mass is 252 g/mol. The Morgan fingerprint density at radius 3 is 2.21 bits per heavy atom. The molecule has 0 fully saturated rings. The van der Waals surface area contributed by atoms with Crippen LogP contribution in [0.4, 0.5) is 0 Å². The molecule has 0 saturated heterocycles. The second-order valence-electron chi connectivity index (χ2n) is 2.56. The molecule has 0 spiro atoms. The predicted molar refractivity (Wildman–Crippen MR) is 57.1 cm³/mol. The van der Waals surface area contributed by atoms with E-state index in [0.717, 1.165) is 0 Å². The van der Waals surface area contributed by atoms with Crippen molar-refractivity contribution in [2.45, 2.75) is 6.10 Å². The number of carbonyl (C=O) groups excluding carboxylic acids is 1. The normalized spacial score (nSPS) is 12.6. The Bertz CT molecular complexity index is 332. The Morgan fingerprint density at radius 1 is 1.36 bits per heavy atom. The minimum atomic E-state index is -0.919. The summed E-state index contributed by atoms with van der Waals surface area (Å²) in [6, 6.07) is 4.92. The number of carbonyl (C=O) groups is 1. The quantitative estimate of drug-likeness (QED) is 0.771. The van der Waals surface area contributed by atoms with E-state index < -0.39 is 11.3 Å². The highest BCUT2D eigenvalue weighted by atomic mass is 35.5. The van der Waals surface area contributed by atoms with Gasteiger partial charge in [-0.3, -0.25) is 4.79 Å². The fraction of sp³-hybridized carbons (Fsp3) is 0.222. The first-order valence-corrected chi connectivity index (χ1v) is 4.87. The lowest BCUT2D eigenvalue weighted by Crippen LogP contribution is -2.10. The molecule has 0 bridgehead atoms. The second kappa shape index (κ2) is 4.99.